The summed E-state index contributed by atoms with van der Waals surface area (Å²) in [7, 11) is 3.11. The zero-order valence-electron chi connectivity index (χ0n) is 19.7. The fraction of sp³-hybridized carbons (Fsp3) is 0.480. The first-order chi connectivity index (χ1) is 16.2. The number of aryl methyl sites for hydroxylation is 3. The third-order valence-electron chi connectivity index (χ3n) is 7.26. The van der Waals surface area contributed by atoms with Gasteiger partial charge in [-0.25, -0.2) is 9.18 Å². The van der Waals surface area contributed by atoms with Gasteiger partial charge in [-0.3, -0.25) is 9.48 Å². The lowest BCUT2D eigenvalue weighted by molar-refractivity contribution is -0.141. The maximum Gasteiger partial charge on any atom is 0.354 e. The minimum atomic E-state index is -0.480. The first-order valence-electron chi connectivity index (χ1n) is 11.4. The third-order valence-corrected chi connectivity index (χ3v) is 7.98. The molecule has 2 aromatic heterocycles. The lowest BCUT2D eigenvalue weighted by atomic mass is 9.98. The summed E-state index contributed by atoms with van der Waals surface area (Å²) in [6, 6.07) is 3.19. The quantitative estimate of drug-likeness (QED) is 0.166. The van der Waals surface area contributed by atoms with Gasteiger partial charge < -0.3 is 14.0 Å². The molecule has 1 aromatic carbocycles. The number of hydrogen-bond donors (Lipinski definition) is 0. The molecule has 2 aliphatic carbocycles. The van der Waals surface area contributed by atoms with Crippen molar-refractivity contribution in [1.82, 2.24) is 14.3 Å². The molecule has 0 N–H and O–H groups in total. The van der Waals surface area contributed by atoms with Gasteiger partial charge in [-0.05, 0) is 56.2 Å². The molecule has 0 amide bonds. The molecule has 2 fully saturated rings. The van der Waals surface area contributed by atoms with E-state index >= 15 is 4.39 Å². The van der Waals surface area contributed by atoms with Crippen molar-refractivity contribution in [1.29, 1.82) is 0 Å². The van der Waals surface area contributed by atoms with Crippen LogP contribution in [0.3, 0.4) is 0 Å². The Bertz CT molecular complexity index is 1340. The monoisotopic (exact) mass is 579 g/mol. The molecule has 0 spiro atoms. The van der Waals surface area contributed by atoms with Crippen LogP contribution in [0.25, 0.3) is 22.0 Å². The molecule has 0 bridgehead atoms. The first kappa shape index (κ1) is 23.3. The maximum atomic E-state index is 15.6. The average Bonchev–Trinajstić information content (AvgIpc) is 3.62. The van der Waals surface area contributed by atoms with Crippen LogP contribution < -0.4 is 0 Å². The van der Waals surface area contributed by atoms with Crippen molar-refractivity contribution in [2.75, 3.05) is 13.7 Å². The molecule has 34 heavy (non-hydrogen) atoms. The standard InChI is InChI=1S/C25H27FIN3O4/c1-13-20(19(12-27)30(28-13)25-10-15(25)11-25)21-18(26)8-7-17-16(6-5-9-34-14(2)31)23(24(32)33-4)29(3)22(17)21/h7-8,15H,5-6,9-12H2,1-4H3. The lowest BCUT2D eigenvalue weighted by Gasteiger charge is -2.12. The lowest BCUT2D eigenvalue weighted by Crippen LogP contribution is -2.12. The molecule has 3 aromatic rings. The predicted octanol–water partition coefficient (Wildman–Crippen LogP) is 4.83. The number of rotatable bonds is 8. The van der Waals surface area contributed by atoms with Crippen molar-refractivity contribution in [3.05, 3.63) is 40.6 Å². The highest BCUT2D eigenvalue weighted by Crippen LogP contribution is 2.73. The van der Waals surface area contributed by atoms with Crippen molar-refractivity contribution < 1.29 is 23.5 Å². The number of carbonyl (C=O) groups excluding carboxylic acids is 2. The van der Waals surface area contributed by atoms with E-state index in [1.165, 1.54) is 20.1 Å². The van der Waals surface area contributed by atoms with E-state index < -0.39 is 5.97 Å². The van der Waals surface area contributed by atoms with Gasteiger partial charge in [-0.15, -0.1) is 0 Å². The molecule has 0 aliphatic heterocycles. The summed E-state index contributed by atoms with van der Waals surface area (Å²) in [5.74, 6) is -0.466. The Morgan fingerprint density at radius 3 is 2.59 bits per heavy atom. The number of halogens is 2. The largest absolute Gasteiger partial charge is 0.466 e. The molecule has 5 rings (SSSR count). The number of aromatic nitrogens is 3. The minimum absolute atomic E-state index is 0.140. The average molecular weight is 579 g/mol. The second kappa shape index (κ2) is 8.35. The Kier molecular flexibility index (Phi) is 5.73. The van der Waals surface area contributed by atoms with Gasteiger partial charge in [0, 0.05) is 34.9 Å². The van der Waals surface area contributed by atoms with Gasteiger partial charge in [0.1, 0.15) is 11.5 Å². The van der Waals surface area contributed by atoms with Crippen LogP contribution >= 0.6 is 22.6 Å². The van der Waals surface area contributed by atoms with E-state index in [2.05, 4.69) is 27.3 Å². The Balaban J connectivity index is 1.70. The van der Waals surface area contributed by atoms with Gasteiger partial charge in [0.05, 0.1) is 36.2 Å². The predicted molar refractivity (Wildman–Crippen MR) is 134 cm³/mol. The van der Waals surface area contributed by atoms with E-state index in [9.17, 15) is 9.59 Å². The Hall–Kier alpha value is -2.43. The van der Waals surface area contributed by atoms with Gasteiger partial charge >= 0.3 is 11.9 Å². The van der Waals surface area contributed by atoms with E-state index in [1.807, 2.05) is 6.92 Å². The summed E-state index contributed by atoms with van der Waals surface area (Å²) in [5, 5.41) is 5.66. The number of benzene rings is 1. The molecule has 2 saturated carbocycles. The molecule has 7 nitrogen and oxygen atoms in total. The SMILES string of the molecule is COC(=O)c1c(CCCOC(C)=O)c2ccc(F)c(-c3c(C)nn(C45CC4C5)c3CI)c2n1C. The van der Waals surface area contributed by atoms with E-state index in [1.54, 1.807) is 17.7 Å². The second-order valence-electron chi connectivity index (χ2n) is 9.30. The summed E-state index contributed by atoms with van der Waals surface area (Å²) in [6.07, 6.45) is 3.32. The second-order valence-corrected chi connectivity index (χ2v) is 10.1. The van der Waals surface area contributed by atoms with Crippen molar-refractivity contribution in [3.63, 3.8) is 0 Å². The van der Waals surface area contributed by atoms with Crippen LogP contribution in [0.15, 0.2) is 12.1 Å². The molecule has 2 aliphatic rings. The van der Waals surface area contributed by atoms with E-state index in [-0.39, 0.29) is 23.9 Å². The van der Waals surface area contributed by atoms with Gasteiger partial charge in [0.25, 0.3) is 0 Å². The fourth-order valence-corrected chi connectivity index (χ4v) is 6.03. The summed E-state index contributed by atoms with van der Waals surface area (Å²) in [4.78, 5) is 24.0. The summed E-state index contributed by atoms with van der Waals surface area (Å²) >= 11 is 2.33. The molecule has 0 unspecified atom stereocenters. The van der Waals surface area contributed by atoms with Crippen LogP contribution in [0.4, 0.5) is 4.39 Å². The highest BCUT2D eigenvalue weighted by atomic mass is 127. The molecule has 0 radical (unpaired) electrons. The van der Waals surface area contributed by atoms with Crippen molar-refractivity contribution in [3.8, 4) is 11.1 Å². The van der Waals surface area contributed by atoms with Crippen LogP contribution in [-0.2, 0) is 37.7 Å². The zero-order chi connectivity index (χ0) is 24.4. The van der Waals surface area contributed by atoms with Gasteiger partial charge in [-0.1, -0.05) is 22.6 Å². The van der Waals surface area contributed by atoms with Gasteiger partial charge in [0.2, 0.25) is 0 Å². The van der Waals surface area contributed by atoms with Crippen LogP contribution in [0.5, 0.6) is 0 Å². The van der Waals surface area contributed by atoms with Crippen LogP contribution in [-0.4, -0.2) is 40.0 Å². The topological polar surface area (TPSA) is 75.4 Å². The summed E-state index contributed by atoms with van der Waals surface area (Å²) in [6.45, 7) is 3.54. The van der Waals surface area contributed by atoms with Crippen molar-refractivity contribution >= 4 is 45.4 Å². The normalized spacial score (nSPS) is 20.4. The summed E-state index contributed by atoms with van der Waals surface area (Å²) in [5.41, 5.74) is 5.05. The highest BCUT2D eigenvalue weighted by Gasteiger charge is 2.72. The third kappa shape index (κ3) is 3.46. The number of esters is 2. The Labute approximate surface area is 210 Å². The van der Waals surface area contributed by atoms with E-state index in [0.29, 0.717) is 40.0 Å². The first-order valence-corrected chi connectivity index (χ1v) is 12.9. The van der Waals surface area contributed by atoms with Crippen molar-refractivity contribution in [2.24, 2.45) is 13.0 Å². The number of fused-ring (bicyclic) bond motifs is 2. The maximum absolute atomic E-state index is 15.6. The fourth-order valence-electron chi connectivity index (χ4n) is 5.33. The zero-order valence-corrected chi connectivity index (χ0v) is 21.9. The minimum Gasteiger partial charge on any atom is -0.466 e. The number of ether oxygens (including phenoxy) is 2. The van der Waals surface area contributed by atoms with Gasteiger partial charge in [0.15, 0.2) is 0 Å². The highest BCUT2D eigenvalue weighted by molar-refractivity contribution is 14.1. The summed E-state index contributed by atoms with van der Waals surface area (Å²) < 4.78 is 30.4. The number of hydrogen-bond acceptors (Lipinski definition) is 5. The number of nitrogens with zero attached hydrogens (tertiary/aromatic N) is 3. The van der Waals surface area contributed by atoms with E-state index in [0.717, 1.165) is 40.7 Å². The smallest absolute Gasteiger partial charge is 0.354 e. The number of methoxy groups -OCH3 is 1. The molecular weight excluding hydrogens is 552 g/mol. The number of alkyl halides is 1. The molecular formula is C25H27FIN3O4. The molecule has 2 heterocycles. The Morgan fingerprint density at radius 2 is 2.00 bits per heavy atom. The van der Waals surface area contributed by atoms with Crippen LogP contribution in [0.2, 0.25) is 0 Å². The van der Waals surface area contributed by atoms with Gasteiger partial charge in [-0.2, -0.15) is 5.10 Å². The van der Waals surface area contributed by atoms with E-state index in [4.69, 9.17) is 14.6 Å². The molecule has 0 atom stereocenters. The van der Waals surface area contributed by atoms with Crippen LogP contribution in [0.1, 0.15) is 53.6 Å². The molecule has 180 valence electrons. The number of carbonyl (C=O) groups is 2. The van der Waals surface area contributed by atoms with Crippen molar-refractivity contribution in [2.45, 2.75) is 49.5 Å². The Morgan fingerprint density at radius 1 is 1.29 bits per heavy atom. The molecule has 0 saturated heterocycles. The molecule has 9 heteroatoms. The van der Waals surface area contributed by atoms with Crippen LogP contribution in [0, 0.1) is 18.7 Å².